The van der Waals surface area contributed by atoms with Crippen molar-refractivity contribution in [2.24, 2.45) is 9.98 Å². The van der Waals surface area contributed by atoms with Crippen LogP contribution in [-0.2, 0) is 6.54 Å². The van der Waals surface area contributed by atoms with Crippen molar-refractivity contribution < 1.29 is 0 Å². The molecule has 0 spiro atoms. The van der Waals surface area contributed by atoms with Gasteiger partial charge in [-0.05, 0) is 36.4 Å². The summed E-state index contributed by atoms with van der Waals surface area (Å²) >= 11 is 1.54. The average Bonchev–Trinajstić information content (AvgIpc) is 2.57. The number of allylic oxidation sites excluding steroid dienone is 1. The lowest BCUT2D eigenvalue weighted by Crippen LogP contribution is -2.19. The smallest absolute Gasteiger partial charge is 0.197 e. The van der Waals surface area contributed by atoms with Gasteiger partial charge in [0.15, 0.2) is 10.3 Å². The highest BCUT2D eigenvalue weighted by atomic mass is 32.2. The van der Waals surface area contributed by atoms with Crippen LogP contribution in [0.15, 0.2) is 82.5 Å². The van der Waals surface area contributed by atoms with Crippen LogP contribution in [0.25, 0.3) is 0 Å². The molecule has 1 aliphatic heterocycles. The van der Waals surface area contributed by atoms with Crippen LogP contribution in [-0.4, -0.2) is 10.3 Å². The summed E-state index contributed by atoms with van der Waals surface area (Å²) in [6.07, 6.45) is 1.81. The fourth-order valence-electron chi connectivity index (χ4n) is 1.97. The van der Waals surface area contributed by atoms with Crippen molar-refractivity contribution in [2.45, 2.75) is 13.5 Å². The summed E-state index contributed by atoms with van der Waals surface area (Å²) in [5.41, 5.74) is 3.30. The minimum atomic E-state index is 0.768. The van der Waals surface area contributed by atoms with Crippen LogP contribution in [0.2, 0.25) is 0 Å². The van der Waals surface area contributed by atoms with Gasteiger partial charge >= 0.3 is 0 Å². The summed E-state index contributed by atoms with van der Waals surface area (Å²) in [7, 11) is 0. The Morgan fingerprint density at radius 2 is 1.74 bits per heavy atom. The third-order valence-corrected chi connectivity index (χ3v) is 3.96. The highest BCUT2D eigenvalue weighted by Crippen LogP contribution is 2.22. The van der Waals surface area contributed by atoms with Gasteiger partial charge in [0.25, 0.3) is 0 Å². The molecule has 0 amide bonds. The minimum absolute atomic E-state index is 0.768. The molecule has 4 nitrogen and oxygen atoms in total. The Labute approximate surface area is 140 Å². The number of rotatable bonds is 5. The monoisotopic (exact) mass is 322 g/mol. The molecule has 116 valence electrons. The SMILES string of the molecule is C/C(=C/N=C1N=C(Nc2ccccc2)S1)NCc1ccccc1. The van der Waals surface area contributed by atoms with Crippen LogP contribution in [0.3, 0.4) is 0 Å². The highest BCUT2D eigenvalue weighted by Gasteiger charge is 2.16. The van der Waals surface area contributed by atoms with Crippen molar-refractivity contribution in [3.8, 4) is 0 Å². The number of hydrogen-bond donors (Lipinski definition) is 2. The van der Waals surface area contributed by atoms with E-state index in [0.717, 1.165) is 28.3 Å². The molecule has 0 atom stereocenters. The molecule has 0 bridgehead atoms. The first kappa shape index (κ1) is 15.4. The van der Waals surface area contributed by atoms with Crippen LogP contribution in [0.5, 0.6) is 0 Å². The molecule has 2 aromatic rings. The Bertz CT molecular complexity index is 736. The van der Waals surface area contributed by atoms with E-state index in [2.05, 4.69) is 32.8 Å². The summed E-state index contributed by atoms with van der Waals surface area (Å²) in [6.45, 7) is 2.80. The summed E-state index contributed by atoms with van der Waals surface area (Å²) in [5, 5.41) is 8.21. The lowest BCUT2D eigenvalue weighted by atomic mass is 10.2. The van der Waals surface area contributed by atoms with E-state index in [1.807, 2.05) is 61.7 Å². The largest absolute Gasteiger partial charge is 0.383 e. The number of anilines is 1. The summed E-state index contributed by atoms with van der Waals surface area (Å²) in [6, 6.07) is 20.3. The van der Waals surface area contributed by atoms with Crippen molar-refractivity contribution in [1.29, 1.82) is 0 Å². The first-order valence-corrected chi connectivity index (χ1v) is 8.22. The number of nitrogens with zero attached hydrogens (tertiary/aromatic N) is 2. The number of aliphatic imine (C=N–C) groups is 2. The number of hydrogen-bond acceptors (Lipinski definition) is 4. The molecule has 0 unspecified atom stereocenters. The molecule has 1 aliphatic rings. The van der Waals surface area contributed by atoms with Crippen LogP contribution < -0.4 is 10.6 Å². The Balaban J connectivity index is 1.49. The molecule has 3 rings (SSSR count). The second-order valence-electron chi connectivity index (χ2n) is 5.07. The zero-order valence-corrected chi connectivity index (χ0v) is 13.7. The van der Waals surface area contributed by atoms with Crippen molar-refractivity contribution in [1.82, 2.24) is 5.32 Å². The van der Waals surface area contributed by atoms with E-state index in [1.165, 1.54) is 5.56 Å². The Morgan fingerprint density at radius 1 is 1.09 bits per heavy atom. The molecular weight excluding hydrogens is 304 g/mol. The van der Waals surface area contributed by atoms with E-state index in [4.69, 9.17) is 0 Å². The second kappa shape index (κ2) is 7.65. The molecule has 2 aromatic carbocycles. The molecule has 0 aliphatic carbocycles. The van der Waals surface area contributed by atoms with E-state index >= 15 is 0 Å². The van der Waals surface area contributed by atoms with E-state index in [-0.39, 0.29) is 0 Å². The van der Waals surface area contributed by atoms with Crippen LogP contribution >= 0.6 is 11.8 Å². The fraction of sp³-hybridized carbons (Fsp3) is 0.111. The molecular formula is C18H18N4S. The molecule has 23 heavy (non-hydrogen) atoms. The normalized spacial score (nSPS) is 15.8. The van der Waals surface area contributed by atoms with Gasteiger partial charge in [-0.25, -0.2) is 4.99 Å². The van der Waals surface area contributed by atoms with Gasteiger partial charge in [0.2, 0.25) is 0 Å². The summed E-state index contributed by atoms with van der Waals surface area (Å²) < 4.78 is 0. The van der Waals surface area contributed by atoms with Gasteiger partial charge < -0.3 is 10.6 Å². The third kappa shape index (κ3) is 4.72. The van der Waals surface area contributed by atoms with Crippen molar-refractivity contribution in [3.63, 3.8) is 0 Å². The van der Waals surface area contributed by atoms with Crippen molar-refractivity contribution in [2.75, 3.05) is 5.32 Å². The molecule has 2 N–H and O–H groups in total. The number of amidine groups is 2. The molecule has 0 aromatic heterocycles. The number of nitrogens with one attached hydrogen (secondary N) is 2. The van der Waals surface area contributed by atoms with Gasteiger partial charge in [-0.1, -0.05) is 48.5 Å². The lowest BCUT2D eigenvalue weighted by molar-refractivity contribution is 0.808. The number of thioether (sulfide) groups is 1. The zero-order chi connectivity index (χ0) is 15.9. The van der Waals surface area contributed by atoms with Gasteiger partial charge in [0.05, 0.1) is 0 Å². The summed E-state index contributed by atoms with van der Waals surface area (Å²) in [4.78, 5) is 8.71. The Hall–Kier alpha value is -2.53. The molecule has 5 heteroatoms. The van der Waals surface area contributed by atoms with Gasteiger partial charge in [-0.3, -0.25) is 0 Å². The van der Waals surface area contributed by atoms with Gasteiger partial charge in [0.1, 0.15) is 0 Å². The first-order valence-electron chi connectivity index (χ1n) is 7.40. The highest BCUT2D eigenvalue weighted by molar-refractivity contribution is 8.29. The third-order valence-electron chi connectivity index (χ3n) is 3.19. The molecule has 0 fully saturated rings. The predicted octanol–water partition coefficient (Wildman–Crippen LogP) is 4.21. The minimum Gasteiger partial charge on any atom is -0.383 e. The van der Waals surface area contributed by atoms with Gasteiger partial charge in [-0.2, -0.15) is 4.99 Å². The maximum Gasteiger partial charge on any atom is 0.197 e. The molecule has 0 saturated carbocycles. The van der Waals surface area contributed by atoms with Crippen molar-refractivity contribution >= 4 is 27.8 Å². The van der Waals surface area contributed by atoms with E-state index in [0.29, 0.717) is 0 Å². The maximum atomic E-state index is 4.36. The lowest BCUT2D eigenvalue weighted by Gasteiger charge is -2.15. The van der Waals surface area contributed by atoms with E-state index in [9.17, 15) is 0 Å². The van der Waals surface area contributed by atoms with Gasteiger partial charge in [0, 0.05) is 24.1 Å². The maximum absolute atomic E-state index is 4.36. The van der Waals surface area contributed by atoms with Crippen LogP contribution in [0.1, 0.15) is 12.5 Å². The fourth-order valence-corrected chi connectivity index (χ4v) is 2.55. The summed E-state index contributed by atoms with van der Waals surface area (Å²) in [5.74, 6) is 0. The number of benzene rings is 2. The average molecular weight is 322 g/mol. The van der Waals surface area contributed by atoms with Crippen molar-refractivity contribution in [3.05, 3.63) is 78.1 Å². The standard InChI is InChI=1S/C18H18N4S/c1-14(19-13-15-8-4-2-5-9-15)12-20-17-22-18(23-17)21-16-10-6-3-7-11-16/h2-12,19H,13H2,1H3,(H,20,21,22)/b14-12-. The molecule has 0 saturated heterocycles. The molecule has 0 radical (unpaired) electrons. The van der Waals surface area contributed by atoms with E-state index in [1.54, 1.807) is 11.8 Å². The molecule has 1 heterocycles. The van der Waals surface area contributed by atoms with Crippen LogP contribution in [0.4, 0.5) is 5.69 Å². The van der Waals surface area contributed by atoms with Gasteiger partial charge in [-0.15, -0.1) is 0 Å². The Kier molecular flexibility index (Phi) is 5.11. The second-order valence-corrected chi connectivity index (χ2v) is 6.03. The van der Waals surface area contributed by atoms with E-state index < -0.39 is 0 Å². The topological polar surface area (TPSA) is 48.8 Å². The zero-order valence-electron chi connectivity index (χ0n) is 12.9. The quantitative estimate of drug-likeness (QED) is 0.867. The van der Waals surface area contributed by atoms with Crippen LogP contribution in [0, 0.1) is 0 Å². The first-order chi connectivity index (χ1) is 11.3. The predicted molar refractivity (Wildman–Crippen MR) is 99.6 cm³/mol. The number of para-hydroxylation sites is 1. The Morgan fingerprint density at radius 3 is 2.43 bits per heavy atom.